The van der Waals surface area contributed by atoms with Gasteiger partial charge in [0.1, 0.15) is 0 Å². The highest BCUT2D eigenvalue weighted by Gasteiger charge is 2.49. The van der Waals surface area contributed by atoms with Gasteiger partial charge in [-0.25, -0.2) is 0 Å². The fourth-order valence-corrected chi connectivity index (χ4v) is 1.41. The quantitative estimate of drug-likeness (QED) is 0.647. The van der Waals surface area contributed by atoms with Crippen LogP contribution in [0.2, 0.25) is 0 Å². The van der Waals surface area contributed by atoms with E-state index in [2.05, 4.69) is 11.8 Å². The van der Waals surface area contributed by atoms with Crippen LogP contribution in [0.5, 0.6) is 0 Å². The highest BCUT2D eigenvalue weighted by Crippen LogP contribution is 2.39. The standard InChI is InChI=1S/C11H11NO3/c1-3-5-12(6-4-2)10(13)8-7-9(8)11(14)15/h1-2,8-9H,5-7H2,(H,14,15). The van der Waals surface area contributed by atoms with Gasteiger partial charge in [-0.05, 0) is 6.42 Å². The molecule has 1 fully saturated rings. The van der Waals surface area contributed by atoms with Crippen LogP contribution in [0.3, 0.4) is 0 Å². The van der Waals surface area contributed by atoms with Crippen molar-refractivity contribution in [1.82, 2.24) is 4.90 Å². The summed E-state index contributed by atoms with van der Waals surface area (Å²) in [5.74, 6) is 2.46. The number of carboxylic acids is 1. The zero-order valence-corrected chi connectivity index (χ0v) is 8.14. The van der Waals surface area contributed by atoms with E-state index >= 15 is 0 Å². The maximum absolute atomic E-state index is 11.7. The number of rotatable bonds is 4. The SMILES string of the molecule is C#CCN(CC#C)C(=O)C1CC1C(=O)O. The van der Waals surface area contributed by atoms with Crippen LogP contribution < -0.4 is 0 Å². The number of nitrogens with zero attached hydrogens (tertiary/aromatic N) is 1. The Balaban J connectivity index is 2.56. The first kappa shape index (κ1) is 11.1. The lowest BCUT2D eigenvalue weighted by Gasteiger charge is -2.16. The zero-order valence-electron chi connectivity index (χ0n) is 8.14. The fraction of sp³-hybridized carbons (Fsp3) is 0.455. The molecule has 2 unspecified atom stereocenters. The Morgan fingerprint density at radius 3 is 2.13 bits per heavy atom. The van der Waals surface area contributed by atoms with E-state index in [4.69, 9.17) is 18.0 Å². The van der Waals surface area contributed by atoms with E-state index in [0.717, 1.165) is 0 Å². The molecule has 0 aliphatic heterocycles. The van der Waals surface area contributed by atoms with Crippen molar-refractivity contribution in [3.63, 3.8) is 0 Å². The minimum atomic E-state index is -0.935. The van der Waals surface area contributed by atoms with Gasteiger partial charge >= 0.3 is 5.97 Å². The Hall–Kier alpha value is -1.94. The van der Waals surface area contributed by atoms with Gasteiger partial charge in [-0.15, -0.1) is 12.8 Å². The van der Waals surface area contributed by atoms with E-state index in [0.29, 0.717) is 6.42 Å². The molecular weight excluding hydrogens is 194 g/mol. The molecular formula is C11H11NO3. The molecule has 15 heavy (non-hydrogen) atoms. The Bertz CT molecular complexity index is 345. The Morgan fingerprint density at radius 1 is 1.27 bits per heavy atom. The van der Waals surface area contributed by atoms with Crippen molar-refractivity contribution in [2.45, 2.75) is 6.42 Å². The number of terminal acetylenes is 2. The van der Waals surface area contributed by atoms with Crippen LogP contribution in [0.15, 0.2) is 0 Å². The zero-order chi connectivity index (χ0) is 11.4. The summed E-state index contributed by atoms with van der Waals surface area (Å²) in [5.41, 5.74) is 0. The molecule has 1 amide bonds. The molecule has 4 heteroatoms. The molecule has 4 nitrogen and oxygen atoms in total. The third-order valence-corrected chi connectivity index (χ3v) is 2.30. The fourth-order valence-electron chi connectivity index (χ4n) is 1.41. The molecule has 0 spiro atoms. The largest absolute Gasteiger partial charge is 0.481 e. The van der Waals surface area contributed by atoms with E-state index < -0.39 is 17.8 Å². The predicted octanol–water partition coefficient (Wildman–Crippen LogP) is -0.198. The predicted molar refractivity (Wildman–Crippen MR) is 53.5 cm³/mol. The number of hydrogen-bond donors (Lipinski definition) is 1. The van der Waals surface area contributed by atoms with E-state index in [9.17, 15) is 9.59 Å². The second-order valence-corrected chi connectivity index (χ2v) is 3.39. The van der Waals surface area contributed by atoms with E-state index in [1.165, 1.54) is 4.90 Å². The van der Waals surface area contributed by atoms with Crippen LogP contribution >= 0.6 is 0 Å². The molecule has 1 saturated carbocycles. The molecule has 1 N–H and O–H groups in total. The van der Waals surface area contributed by atoms with Gasteiger partial charge in [0, 0.05) is 0 Å². The number of hydrogen-bond acceptors (Lipinski definition) is 2. The maximum atomic E-state index is 11.7. The first-order chi connectivity index (χ1) is 7.11. The lowest BCUT2D eigenvalue weighted by Crippen LogP contribution is -2.33. The van der Waals surface area contributed by atoms with Gasteiger partial charge in [-0.1, -0.05) is 11.8 Å². The second kappa shape index (κ2) is 4.52. The van der Waals surface area contributed by atoms with Crippen molar-refractivity contribution >= 4 is 11.9 Å². The number of carbonyl (C=O) groups is 2. The summed E-state index contributed by atoms with van der Waals surface area (Å²) >= 11 is 0. The highest BCUT2D eigenvalue weighted by molar-refractivity contribution is 5.89. The van der Waals surface area contributed by atoms with E-state index in [-0.39, 0.29) is 19.0 Å². The third-order valence-electron chi connectivity index (χ3n) is 2.30. The second-order valence-electron chi connectivity index (χ2n) is 3.39. The number of aliphatic carboxylic acids is 1. The molecule has 0 heterocycles. The van der Waals surface area contributed by atoms with Crippen molar-refractivity contribution in [2.24, 2.45) is 11.8 Å². The van der Waals surface area contributed by atoms with Crippen LogP contribution in [0.4, 0.5) is 0 Å². The summed E-state index contributed by atoms with van der Waals surface area (Å²) in [6, 6.07) is 0. The van der Waals surface area contributed by atoms with Gasteiger partial charge in [0.2, 0.25) is 5.91 Å². The molecule has 1 aliphatic rings. The monoisotopic (exact) mass is 205 g/mol. The van der Waals surface area contributed by atoms with Crippen LogP contribution in [0, 0.1) is 36.5 Å². The van der Waals surface area contributed by atoms with Crippen LogP contribution in [-0.2, 0) is 9.59 Å². The normalized spacial score (nSPS) is 22.3. The lowest BCUT2D eigenvalue weighted by atomic mass is 10.2. The summed E-state index contributed by atoms with van der Waals surface area (Å²) in [6.45, 7) is 0.262. The minimum Gasteiger partial charge on any atom is -0.481 e. The average molecular weight is 205 g/mol. The summed E-state index contributed by atoms with van der Waals surface area (Å²) in [5, 5.41) is 8.66. The molecule has 78 valence electrons. The van der Waals surface area contributed by atoms with Crippen molar-refractivity contribution < 1.29 is 14.7 Å². The number of carbonyl (C=O) groups excluding carboxylic acids is 1. The summed E-state index contributed by atoms with van der Waals surface area (Å²) in [6.07, 6.45) is 10.6. The lowest BCUT2D eigenvalue weighted by molar-refractivity contribution is -0.141. The molecule has 0 aromatic heterocycles. The third kappa shape index (κ3) is 2.51. The van der Waals surface area contributed by atoms with Crippen molar-refractivity contribution in [1.29, 1.82) is 0 Å². The van der Waals surface area contributed by atoms with Crippen LogP contribution in [-0.4, -0.2) is 35.0 Å². The van der Waals surface area contributed by atoms with Crippen molar-refractivity contribution in [3.05, 3.63) is 0 Å². The van der Waals surface area contributed by atoms with E-state index in [1.807, 2.05) is 0 Å². The molecule has 0 saturated heterocycles. The number of amides is 1. The average Bonchev–Trinajstić information content (AvgIpc) is 2.96. The van der Waals surface area contributed by atoms with Gasteiger partial charge in [-0.3, -0.25) is 9.59 Å². The highest BCUT2D eigenvalue weighted by atomic mass is 16.4. The topological polar surface area (TPSA) is 57.6 Å². The molecule has 1 aliphatic carbocycles. The van der Waals surface area contributed by atoms with Gasteiger partial charge < -0.3 is 10.0 Å². The first-order valence-corrected chi connectivity index (χ1v) is 4.50. The number of carboxylic acid groups (broad SMARTS) is 1. The molecule has 0 aromatic carbocycles. The van der Waals surface area contributed by atoms with Crippen molar-refractivity contribution in [3.8, 4) is 24.7 Å². The molecule has 1 rings (SSSR count). The van der Waals surface area contributed by atoms with Gasteiger partial charge in [-0.2, -0.15) is 0 Å². The first-order valence-electron chi connectivity index (χ1n) is 4.50. The smallest absolute Gasteiger partial charge is 0.307 e. The van der Waals surface area contributed by atoms with Gasteiger partial charge in [0.05, 0.1) is 24.9 Å². The molecule has 2 atom stereocenters. The minimum absolute atomic E-state index is 0.131. The molecule has 0 aromatic rings. The summed E-state index contributed by atoms with van der Waals surface area (Å²) in [7, 11) is 0. The van der Waals surface area contributed by atoms with Crippen LogP contribution in [0.1, 0.15) is 6.42 Å². The van der Waals surface area contributed by atoms with E-state index in [1.54, 1.807) is 0 Å². The van der Waals surface area contributed by atoms with Crippen LogP contribution in [0.25, 0.3) is 0 Å². The van der Waals surface area contributed by atoms with Gasteiger partial charge in [0.15, 0.2) is 0 Å². The summed E-state index contributed by atoms with van der Waals surface area (Å²) < 4.78 is 0. The Morgan fingerprint density at radius 2 is 1.80 bits per heavy atom. The Kier molecular flexibility index (Phi) is 3.36. The van der Waals surface area contributed by atoms with Crippen molar-refractivity contribution in [2.75, 3.05) is 13.1 Å². The van der Waals surface area contributed by atoms with Gasteiger partial charge in [0.25, 0.3) is 0 Å². The Labute approximate surface area is 88.3 Å². The molecule has 0 bridgehead atoms. The molecule has 0 radical (unpaired) electrons. The maximum Gasteiger partial charge on any atom is 0.307 e. The summed E-state index contributed by atoms with van der Waals surface area (Å²) in [4.78, 5) is 23.6.